The van der Waals surface area contributed by atoms with Crippen LogP contribution in [0.3, 0.4) is 0 Å². The van der Waals surface area contributed by atoms with Crippen molar-refractivity contribution in [3.8, 4) is 11.4 Å². The van der Waals surface area contributed by atoms with Gasteiger partial charge < -0.3 is 9.84 Å². The van der Waals surface area contributed by atoms with E-state index in [0.29, 0.717) is 34.6 Å². The molecule has 3 rings (SSSR count). The fraction of sp³-hybridized carbons (Fsp3) is 0.167. The zero-order chi connectivity index (χ0) is 17.6. The maximum Gasteiger partial charge on any atom is 0.246 e. The van der Waals surface area contributed by atoms with Crippen LogP contribution >= 0.6 is 23.2 Å². The monoisotopic (exact) mass is 375 g/mol. The summed E-state index contributed by atoms with van der Waals surface area (Å²) in [6.07, 6.45) is 0.835. The summed E-state index contributed by atoms with van der Waals surface area (Å²) in [6, 6.07) is 14.7. The highest BCUT2D eigenvalue weighted by Gasteiger charge is 2.10. The van der Waals surface area contributed by atoms with Gasteiger partial charge in [0.1, 0.15) is 0 Å². The average molecular weight is 376 g/mol. The Labute approximate surface area is 155 Å². The molecule has 1 heterocycles. The van der Waals surface area contributed by atoms with Crippen molar-refractivity contribution < 1.29 is 9.32 Å². The summed E-state index contributed by atoms with van der Waals surface area (Å²) in [5.41, 5.74) is 1.74. The molecule has 0 bridgehead atoms. The summed E-state index contributed by atoms with van der Waals surface area (Å²) < 4.78 is 5.15. The molecule has 0 fully saturated rings. The number of aromatic nitrogens is 2. The summed E-state index contributed by atoms with van der Waals surface area (Å²) in [4.78, 5) is 16.2. The van der Waals surface area contributed by atoms with E-state index in [2.05, 4.69) is 15.5 Å². The molecule has 128 valence electrons. The number of amides is 1. The van der Waals surface area contributed by atoms with Crippen LogP contribution in [0.25, 0.3) is 11.4 Å². The van der Waals surface area contributed by atoms with Gasteiger partial charge in [-0.25, -0.2) is 0 Å². The van der Waals surface area contributed by atoms with Gasteiger partial charge in [-0.3, -0.25) is 4.79 Å². The molecular formula is C18H15Cl2N3O2. The van der Waals surface area contributed by atoms with Gasteiger partial charge in [0.2, 0.25) is 17.6 Å². The first-order chi connectivity index (χ1) is 12.1. The normalized spacial score (nSPS) is 10.6. The van der Waals surface area contributed by atoms with E-state index < -0.39 is 0 Å². The molecule has 2 aromatic carbocycles. The fourth-order valence-electron chi connectivity index (χ4n) is 2.27. The second-order valence-electron chi connectivity index (χ2n) is 5.39. The minimum atomic E-state index is -0.120. The lowest BCUT2D eigenvalue weighted by atomic mass is 10.1. The predicted octanol–water partition coefficient (Wildman–Crippen LogP) is 4.29. The van der Waals surface area contributed by atoms with Gasteiger partial charge >= 0.3 is 0 Å². The molecule has 0 spiro atoms. The van der Waals surface area contributed by atoms with Crippen molar-refractivity contribution in [2.24, 2.45) is 0 Å². The minimum absolute atomic E-state index is 0.120. The van der Waals surface area contributed by atoms with E-state index >= 15 is 0 Å². The second-order valence-corrected chi connectivity index (χ2v) is 6.23. The van der Waals surface area contributed by atoms with E-state index in [9.17, 15) is 4.79 Å². The number of carbonyl (C=O) groups is 1. The Morgan fingerprint density at radius 1 is 1.12 bits per heavy atom. The first kappa shape index (κ1) is 17.5. The molecule has 1 aromatic heterocycles. The lowest BCUT2D eigenvalue weighted by Crippen LogP contribution is -2.23. The van der Waals surface area contributed by atoms with E-state index in [-0.39, 0.29) is 12.5 Å². The zero-order valence-corrected chi connectivity index (χ0v) is 14.7. The SMILES string of the molecule is O=C(CCc1ccc(Cl)cc1Cl)NCc1nc(-c2ccccc2)no1. The molecular weight excluding hydrogens is 361 g/mol. The van der Waals surface area contributed by atoms with Gasteiger partial charge in [-0.1, -0.05) is 64.8 Å². The first-order valence-corrected chi connectivity index (χ1v) is 8.46. The van der Waals surface area contributed by atoms with Gasteiger partial charge in [0.25, 0.3) is 0 Å². The van der Waals surface area contributed by atoms with E-state index in [1.165, 1.54) is 0 Å². The van der Waals surface area contributed by atoms with Crippen LogP contribution in [0, 0.1) is 0 Å². The maximum atomic E-state index is 12.0. The quantitative estimate of drug-likeness (QED) is 0.697. The zero-order valence-electron chi connectivity index (χ0n) is 13.2. The van der Waals surface area contributed by atoms with Crippen LogP contribution in [-0.2, 0) is 17.8 Å². The standard InChI is InChI=1S/C18H15Cl2N3O2/c19-14-8-6-12(15(20)10-14)7-9-16(24)21-11-17-22-18(23-25-17)13-4-2-1-3-5-13/h1-6,8,10H,7,9,11H2,(H,21,24). The Hall–Kier alpha value is -2.37. The highest BCUT2D eigenvalue weighted by atomic mass is 35.5. The molecule has 0 saturated heterocycles. The van der Waals surface area contributed by atoms with Crippen LogP contribution in [0.4, 0.5) is 0 Å². The molecule has 1 N–H and O–H groups in total. The molecule has 7 heteroatoms. The number of halogens is 2. The smallest absolute Gasteiger partial charge is 0.246 e. The number of hydrogen-bond donors (Lipinski definition) is 1. The molecule has 0 radical (unpaired) electrons. The van der Waals surface area contributed by atoms with Crippen molar-refractivity contribution in [3.63, 3.8) is 0 Å². The van der Waals surface area contributed by atoms with Gasteiger partial charge in [-0.05, 0) is 24.1 Å². The average Bonchev–Trinajstić information content (AvgIpc) is 3.09. The third kappa shape index (κ3) is 4.81. The van der Waals surface area contributed by atoms with Crippen molar-refractivity contribution in [2.75, 3.05) is 0 Å². The number of carbonyl (C=O) groups excluding carboxylic acids is 1. The van der Waals surface area contributed by atoms with Crippen molar-refractivity contribution in [1.29, 1.82) is 0 Å². The van der Waals surface area contributed by atoms with Crippen LogP contribution in [0.15, 0.2) is 53.1 Å². The van der Waals surface area contributed by atoms with Crippen LogP contribution in [0.5, 0.6) is 0 Å². The molecule has 0 aliphatic rings. The predicted molar refractivity (Wildman–Crippen MR) is 96.4 cm³/mol. The lowest BCUT2D eigenvalue weighted by molar-refractivity contribution is -0.121. The highest BCUT2D eigenvalue weighted by molar-refractivity contribution is 6.35. The number of rotatable bonds is 6. The number of nitrogens with one attached hydrogen (secondary N) is 1. The van der Waals surface area contributed by atoms with Gasteiger partial charge in [-0.15, -0.1) is 0 Å². The Morgan fingerprint density at radius 2 is 1.92 bits per heavy atom. The van der Waals surface area contributed by atoms with Crippen LogP contribution in [0.2, 0.25) is 10.0 Å². The third-order valence-electron chi connectivity index (χ3n) is 3.57. The van der Waals surface area contributed by atoms with E-state index in [4.69, 9.17) is 27.7 Å². The number of aryl methyl sites for hydroxylation is 1. The largest absolute Gasteiger partial charge is 0.347 e. The summed E-state index contributed by atoms with van der Waals surface area (Å²) in [6.45, 7) is 0.188. The lowest BCUT2D eigenvalue weighted by Gasteiger charge is -2.05. The topological polar surface area (TPSA) is 68.0 Å². The minimum Gasteiger partial charge on any atom is -0.347 e. The number of nitrogens with zero attached hydrogens (tertiary/aromatic N) is 2. The summed E-state index contributed by atoms with van der Waals surface area (Å²) in [5, 5.41) is 7.80. The highest BCUT2D eigenvalue weighted by Crippen LogP contribution is 2.22. The van der Waals surface area contributed by atoms with Gasteiger partial charge in [0.15, 0.2) is 0 Å². The number of hydrogen-bond acceptors (Lipinski definition) is 4. The third-order valence-corrected chi connectivity index (χ3v) is 4.16. The molecule has 1 amide bonds. The molecule has 5 nitrogen and oxygen atoms in total. The van der Waals surface area contributed by atoms with Gasteiger partial charge in [0.05, 0.1) is 6.54 Å². The van der Waals surface area contributed by atoms with Crippen molar-refractivity contribution in [2.45, 2.75) is 19.4 Å². The number of benzene rings is 2. The van der Waals surface area contributed by atoms with E-state index in [1.54, 1.807) is 12.1 Å². The Kier molecular flexibility index (Phi) is 5.68. The second kappa shape index (κ2) is 8.14. The van der Waals surface area contributed by atoms with Gasteiger partial charge in [0, 0.05) is 22.0 Å². The molecule has 3 aromatic rings. The molecule has 0 saturated carbocycles. The molecule has 25 heavy (non-hydrogen) atoms. The Bertz CT molecular complexity index is 866. The molecule has 0 aliphatic heterocycles. The van der Waals surface area contributed by atoms with Crippen molar-refractivity contribution >= 4 is 29.1 Å². The van der Waals surface area contributed by atoms with Crippen LogP contribution in [0.1, 0.15) is 17.9 Å². The first-order valence-electron chi connectivity index (χ1n) is 7.70. The van der Waals surface area contributed by atoms with E-state index in [0.717, 1.165) is 11.1 Å². The molecule has 0 aliphatic carbocycles. The fourth-order valence-corrected chi connectivity index (χ4v) is 2.77. The Morgan fingerprint density at radius 3 is 2.68 bits per heavy atom. The maximum absolute atomic E-state index is 12.0. The molecule has 0 unspecified atom stereocenters. The summed E-state index contributed by atoms with van der Waals surface area (Å²) in [5.74, 6) is 0.736. The van der Waals surface area contributed by atoms with Crippen molar-refractivity contribution in [1.82, 2.24) is 15.5 Å². The summed E-state index contributed by atoms with van der Waals surface area (Å²) >= 11 is 12.0. The Balaban J connectivity index is 1.50. The summed E-state index contributed by atoms with van der Waals surface area (Å²) in [7, 11) is 0. The van der Waals surface area contributed by atoms with Crippen molar-refractivity contribution in [3.05, 3.63) is 70.0 Å². The van der Waals surface area contributed by atoms with Gasteiger partial charge in [-0.2, -0.15) is 4.98 Å². The van der Waals surface area contributed by atoms with E-state index in [1.807, 2.05) is 36.4 Å². The van der Waals surface area contributed by atoms with Crippen LogP contribution in [-0.4, -0.2) is 16.0 Å². The molecule has 0 atom stereocenters. The van der Waals surface area contributed by atoms with Crippen LogP contribution < -0.4 is 5.32 Å².